The molecule has 1 fully saturated rings. The van der Waals surface area contributed by atoms with Crippen LogP contribution in [0.4, 0.5) is 18.3 Å². The van der Waals surface area contributed by atoms with Crippen LogP contribution in [0.5, 0.6) is 0 Å². The Labute approximate surface area is 181 Å². The largest absolute Gasteiger partial charge is 0.445 e. The van der Waals surface area contributed by atoms with Crippen molar-refractivity contribution in [3.8, 4) is 0 Å². The van der Waals surface area contributed by atoms with E-state index in [1.807, 2.05) is 30.3 Å². The van der Waals surface area contributed by atoms with Crippen molar-refractivity contribution in [1.82, 2.24) is 20.8 Å². The molecular weight excluding hydrogens is 431 g/mol. The van der Waals surface area contributed by atoms with Gasteiger partial charge in [0.25, 0.3) is 5.91 Å². The van der Waals surface area contributed by atoms with Crippen LogP contribution < -0.4 is 15.5 Å². The normalized spacial score (nSPS) is 17.2. The van der Waals surface area contributed by atoms with Crippen LogP contribution >= 0.6 is 11.3 Å². The van der Waals surface area contributed by atoms with Gasteiger partial charge in [-0.1, -0.05) is 47.7 Å². The van der Waals surface area contributed by atoms with E-state index in [-0.39, 0.29) is 28.4 Å². The molecule has 2 amide bonds. The van der Waals surface area contributed by atoms with Crippen molar-refractivity contribution in [3.63, 3.8) is 0 Å². The molecule has 1 aliphatic heterocycles. The molecule has 0 bridgehead atoms. The van der Waals surface area contributed by atoms with Crippen molar-refractivity contribution in [3.05, 3.63) is 53.1 Å². The molecule has 1 aromatic heterocycles. The van der Waals surface area contributed by atoms with Crippen molar-refractivity contribution in [2.75, 3.05) is 18.5 Å². The first-order valence-electron chi connectivity index (χ1n) is 9.68. The van der Waals surface area contributed by atoms with Crippen molar-refractivity contribution < 1.29 is 22.8 Å². The average Bonchev–Trinajstić information content (AvgIpc) is 3.19. The van der Waals surface area contributed by atoms with E-state index >= 15 is 0 Å². The number of alkyl halides is 3. The van der Waals surface area contributed by atoms with Crippen molar-refractivity contribution in [1.29, 1.82) is 0 Å². The minimum atomic E-state index is -4.61. The van der Waals surface area contributed by atoms with E-state index in [1.54, 1.807) is 6.08 Å². The maximum atomic E-state index is 12.7. The van der Waals surface area contributed by atoms with Crippen LogP contribution in [-0.4, -0.2) is 47.7 Å². The predicted molar refractivity (Wildman–Crippen MR) is 111 cm³/mol. The Morgan fingerprint density at radius 2 is 2.03 bits per heavy atom. The molecule has 166 valence electrons. The van der Waals surface area contributed by atoms with Crippen molar-refractivity contribution in [2.24, 2.45) is 0 Å². The zero-order valence-corrected chi connectivity index (χ0v) is 17.5. The summed E-state index contributed by atoms with van der Waals surface area (Å²) < 4.78 is 38.1. The molecule has 2 N–H and O–H groups in total. The Balaban J connectivity index is 1.65. The Morgan fingerprint density at radius 3 is 2.61 bits per heavy atom. The Hall–Kier alpha value is -2.79. The fourth-order valence-corrected chi connectivity index (χ4v) is 3.53. The molecule has 3 rings (SSSR count). The Bertz CT molecular complexity index is 928. The standard InChI is InChI=1S/C20H22F3N5O2S/c1-28(19-27-26-18(31-19)20(21,22)23)16(29)10-9-14(25-17(30)15-11-12-24-15)8-7-13-5-3-2-4-6-13/h2-6,9-10,14-15,24H,7-8,11-12H2,1H3,(H,25,30)/b10-9+/t14-,15?/m0/s1. The number of amides is 2. The first-order chi connectivity index (χ1) is 14.7. The lowest BCUT2D eigenvalue weighted by Gasteiger charge is -2.28. The molecule has 0 saturated carbocycles. The zero-order chi connectivity index (χ0) is 22.4. The van der Waals surface area contributed by atoms with Gasteiger partial charge in [-0.3, -0.25) is 14.5 Å². The maximum Gasteiger partial charge on any atom is 0.445 e. The summed E-state index contributed by atoms with van der Waals surface area (Å²) in [5, 5.41) is 11.2. The molecule has 2 atom stereocenters. The fraction of sp³-hybridized carbons (Fsp3) is 0.400. The molecule has 1 aromatic carbocycles. The van der Waals surface area contributed by atoms with Crippen LogP contribution in [-0.2, 0) is 22.2 Å². The quantitative estimate of drug-likeness (QED) is 0.600. The average molecular weight is 453 g/mol. The van der Waals surface area contributed by atoms with Crippen LogP contribution in [0.2, 0.25) is 0 Å². The first kappa shape index (κ1) is 22.9. The molecule has 0 spiro atoms. The van der Waals surface area contributed by atoms with Gasteiger partial charge in [0.1, 0.15) is 0 Å². The number of nitrogens with one attached hydrogen (secondary N) is 2. The van der Waals surface area contributed by atoms with E-state index in [4.69, 9.17) is 0 Å². The van der Waals surface area contributed by atoms with Crippen LogP contribution in [0.3, 0.4) is 0 Å². The van der Waals surface area contributed by atoms with Gasteiger partial charge in [0.05, 0.1) is 6.04 Å². The minimum Gasteiger partial charge on any atom is -0.349 e. The minimum absolute atomic E-state index is 0.145. The van der Waals surface area contributed by atoms with Gasteiger partial charge in [-0.15, -0.1) is 10.2 Å². The number of benzene rings is 1. The molecule has 1 aliphatic rings. The first-order valence-corrected chi connectivity index (χ1v) is 10.5. The molecule has 0 radical (unpaired) electrons. The number of nitrogens with zero attached hydrogens (tertiary/aromatic N) is 3. The van der Waals surface area contributed by atoms with Crippen LogP contribution in [0.1, 0.15) is 23.4 Å². The molecule has 0 aliphatic carbocycles. The monoisotopic (exact) mass is 453 g/mol. The number of aromatic nitrogens is 2. The Kier molecular flexibility index (Phi) is 7.39. The zero-order valence-electron chi connectivity index (χ0n) is 16.7. The number of likely N-dealkylation sites (N-methyl/N-ethyl adjacent to an activating group) is 1. The topological polar surface area (TPSA) is 87.2 Å². The van der Waals surface area contributed by atoms with E-state index in [9.17, 15) is 22.8 Å². The van der Waals surface area contributed by atoms with E-state index in [1.165, 1.54) is 13.1 Å². The molecule has 31 heavy (non-hydrogen) atoms. The molecule has 2 aromatic rings. The van der Waals surface area contributed by atoms with Gasteiger partial charge in [0.15, 0.2) is 0 Å². The van der Waals surface area contributed by atoms with E-state index in [2.05, 4.69) is 20.8 Å². The molecular formula is C20H22F3N5O2S. The Morgan fingerprint density at radius 1 is 1.32 bits per heavy atom. The summed E-state index contributed by atoms with van der Waals surface area (Å²) in [6.45, 7) is 0.785. The van der Waals surface area contributed by atoms with E-state index in [0.717, 1.165) is 23.4 Å². The van der Waals surface area contributed by atoms with Gasteiger partial charge < -0.3 is 10.6 Å². The third-order valence-corrected chi connectivity index (χ3v) is 5.84. The summed E-state index contributed by atoms with van der Waals surface area (Å²) >= 11 is 0.289. The summed E-state index contributed by atoms with van der Waals surface area (Å²) in [6, 6.07) is 9.06. The molecule has 2 heterocycles. The second-order valence-corrected chi connectivity index (χ2v) is 8.03. The van der Waals surface area contributed by atoms with Crippen LogP contribution in [0, 0.1) is 0 Å². The van der Waals surface area contributed by atoms with E-state index < -0.39 is 23.1 Å². The highest BCUT2D eigenvalue weighted by molar-refractivity contribution is 7.15. The van der Waals surface area contributed by atoms with Crippen LogP contribution in [0.25, 0.3) is 0 Å². The lowest BCUT2D eigenvalue weighted by molar-refractivity contribution is -0.138. The highest BCUT2D eigenvalue weighted by Gasteiger charge is 2.36. The van der Waals surface area contributed by atoms with Gasteiger partial charge in [-0.25, -0.2) is 0 Å². The summed E-state index contributed by atoms with van der Waals surface area (Å²) in [5.41, 5.74) is 1.09. The SMILES string of the molecule is CN(C(=O)/C=C/[C@H](CCc1ccccc1)NC(=O)C1CCN1)c1nnc(C(F)(F)F)s1. The third-order valence-electron chi connectivity index (χ3n) is 4.80. The number of carbonyl (C=O) groups excluding carboxylic acids is 2. The molecule has 11 heteroatoms. The van der Waals surface area contributed by atoms with E-state index in [0.29, 0.717) is 12.8 Å². The number of halogens is 3. The van der Waals surface area contributed by atoms with Crippen LogP contribution in [0.15, 0.2) is 42.5 Å². The second-order valence-electron chi connectivity index (χ2n) is 7.08. The van der Waals surface area contributed by atoms with Crippen molar-refractivity contribution in [2.45, 2.75) is 37.5 Å². The van der Waals surface area contributed by atoms with Crippen molar-refractivity contribution >= 4 is 28.3 Å². The molecule has 1 unspecified atom stereocenters. The number of rotatable bonds is 8. The summed E-state index contributed by atoms with van der Waals surface area (Å²) in [4.78, 5) is 25.8. The molecule has 1 saturated heterocycles. The predicted octanol–water partition coefficient (Wildman–Crippen LogP) is 2.56. The highest BCUT2D eigenvalue weighted by atomic mass is 32.1. The van der Waals surface area contributed by atoms with Gasteiger partial charge in [-0.05, 0) is 31.4 Å². The highest BCUT2D eigenvalue weighted by Crippen LogP contribution is 2.34. The summed E-state index contributed by atoms with van der Waals surface area (Å²) in [5.74, 6) is -0.709. The number of hydrogen-bond acceptors (Lipinski definition) is 6. The second kappa shape index (κ2) is 10.0. The number of aryl methyl sites for hydroxylation is 1. The van der Waals surface area contributed by atoms with Gasteiger partial charge >= 0.3 is 6.18 Å². The number of hydrogen-bond donors (Lipinski definition) is 2. The number of anilines is 1. The fourth-order valence-electron chi connectivity index (χ4n) is 2.85. The summed E-state index contributed by atoms with van der Waals surface area (Å²) in [6.07, 6.45) is 0.179. The third kappa shape index (κ3) is 6.34. The van der Waals surface area contributed by atoms with Gasteiger partial charge in [0.2, 0.25) is 16.0 Å². The summed E-state index contributed by atoms with van der Waals surface area (Å²) in [7, 11) is 1.32. The molecule has 7 nitrogen and oxygen atoms in total. The van der Waals surface area contributed by atoms with Gasteiger partial charge in [-0.2, -0.15) is 13.2 Å². The maximum absolute atomic E-state index is 12.7. The van der Waals surface area contributed by atoms with Gasteiger partial charge in [0, 0.05) is 19.2 Å². The number of carbonyl (C=O) groups is 2. The lowest BCUT2D eigenvalue weighted by atomic mass is 10.0. The smallest absolute Gasteiger partial charge is 0.349 e. The lowest BCUT2D eigenvalue weighted by Crippen LogP contribution is -2.54.